The van der Waals surface area contributed by atoms with Gasteiger partial charge in [0.2, 0.25) is 0 Å². The molecule has 0 amide bonds. The summed E-state index contributed by atoms with van der Waals surface area (Å²) in [6.45, 7) is 2.18. The molecule has 0 N–H and O–H groups in total. The van der Waals surface area contributed by atoms with Gasteiger partial charge in [-0.1, -0.05) is 6.92 Å². The molecule has 0 heterocycles. The SMILES string of the molecule is C[C@H](CS)CCS. The maximum atomic E-state index is 4.12. The summed E-state index contributed by atoms with van der Waals surface area (Å²) in [6, 6.07) is 0. The van der Waals surface area contributed by atoms with Crippen LogP contribution in [0, 0.1) is 5.92 Å². The van der Waals surface area contributed by atoms with E-state index in [2.05, 4.69) is 32.2 Å². The van der Waals surface area contributed by atoms with E-state index in [1.165, 1.54) is 6.42 Å². The number of hydrogen-bond acceptors (Lipinski definition) is 2. The molecule has 0 aliphatic rings. The van der Waals surface area contributed by atoms with Crippen molar-refractivity contribution < 1.29 is 0 Å². The molecule has 0 rings (SSSR count). The highest BCUT2D eigenvalue weighted by Crippen LogP contribution is 2.03. The molecule has 0 aromatic carbocycles. The fourth-order valence-corrected chi connectivity index (χ4v) is 0.935. The van der Waals surface area contributed by atoms with Gasteiger partial charge in [-0.25, -0.2) is 0 Å². The average molecular weight is 136 g/mol. The standard InChI is InChI=1S/C5H12S2/c1-5(4-7)2-3-6/h5-7H,2-4H2,1H3/t5-/m0/s1. The highest BCUT2D eigenvalue weighted by molar-refractivity contribution is 7.80. The third-order valence-corrected chi connectivity index (χ3v) is 1.82. The molecule has 7 heavy (non-hydrogen) atoms. The van der Waals surface area contributed by atoms with Crippen LogP contribution in [-0.4, -0.2) is 11.5 Å². The molecule has 0 aliphatic carbocycles. The fraction of sp³-hybridized carbons (Fsp3) is 1.00. The first kappa shape index (κ1) is 7.70. The Balaban J connectivity index is 2.83. The molecule has 0 aliphatic heterocycles. The van der Waals surface area contributed by atoms with Gasteiger partial charge in [0.15, 0.2) is 0 Å². The van der Waals surface area contributed by atoms with Gasteiger partial charge < -0.3 is 0 Å². The summed E-state index contributed by atoms with van der Waals surface area (Å²) >= 11 is 8.20. The van der Waals surface area contributed by atoms with Crippen molar-refractivity contribution in [1.82, 2.24) is 0 Å². The molecule has 0 unspecified atom stereocenters. The summed E-state index contributed by atoms with van der Waals surface area (Å²) in [5.41, 5.74) is 0. The molecule has 0 saturated carbocycles. The highest BCUT2D eigenvalue weighted by atomic mass is 32.1. The van der Waals surface area contributed by atoms with Gasteiger partial charge in [0.25, 0.3) is 0 Å². The molecule has 0 fully saturated rings. The van der Waals surface area contributed by atoms with Crippen LogP contribution in [0.2, 0.25) is 0 Å². The summed E-state index contributed by atoms with van der Waals surface area (Å²) in [5.74, 6) is 2.71. The molecule has 0 saturated heterocycles. The van der Waals surface area contributed by atoms with E-state index in [9.17, 15) is 0 Å². The van der Waals surface area contributed by atoms with E-state index < -0.39 is 0 Å². The highest BCUT2D eigenvalue weighted by Gasteiger charge is 1.93. The van der Waals surface area contributed by atoms with Crippen LogP contribution >= 0.6 is 25.3 Å². The van der Waals surface area contributed by atoms with Crippen LogP contribution in [0.5, 0.6) is 0 Å². The van der Waals surface area contributed by atoms with Gasteiger partial charge in [0.05, 0.1) is 0 Å². The van der Waals surface area contributed by atoms with Gasteiger partial charge in [-0.2, -0.15) is 25.3 Å². The molecule has 0 aromatic rings. The Morgan fingerprint density at radius 3 is 2.14 bits per heavy atom. The quantitative estimate of drug-likeness (QED) is 0.544. The van der Waals surface area contributed by atoms with Crippen LogP contribution in [-0.2, 0) is 0 Å². The van der Waals surface area contributed by atoms with E-state index in [1.807, 2.05) is 0 Å². The van der Waals surface area contributed by atoms with Gasteiger partial charge >= 0.3 is 0 Å². The molecule has 0 radical (unpaired) electrons. The van der Waals surface area contributed by atoms with Crippen molar-refractivity contribution in [2.45, 2.75) is 13.3 Å². The van der Waals surface area contributed by atoms with Crippen LogP contribution < -0.4 is 0 Å². The predicted octanol–water partition coefficient (Wildman–Crippen LogP) is 1.87. The van der Waals surface area contributed by atoms with Gasteiger partial charge in [0.1, 0.15) is 0 Å². The first-order valence-corrected chi connectivity index (χ1v) is 3.79. The molecule has 0 spiro atoms. The number of rotatable bonds is 3. The van der Waals surface area contributed by atoms with Crippen LogP contribution in [0.15, 0.2) is 0 Å². The molecule has 1 atom stereocenters. The Morgan fingerprint density at radius 1 is 1.43 bits per heavy atom. The van der Waals surface area contributed by atoms with Crippen LogP contribution in [0.3, 0.4) is 0 Å². The van der Waals surface area contributed by atoms with Crippen molar-refractivity contribution in [3.8, 4) is 0 Å². The molecule has 44 valence electrons. The molecule has 2 heteroatoms. The maximum Gasteiger partial charge on any atom is -0.00718 e. The van der Waals surface area contributed by atoms with Crippen molar-refractivity contribution in [2.75, 3.05) is 11.5 Å². The Bertz CT molecular complexity index is 37.1. The molecule has 0 nitrogen and oxygen atoms in total. The third-order valence-electron chi connectivity index (χ3n) is 0.934. The number of hydrogen-bond donors (Lipinski definition) is 2. The minimum atomic E-state index is 0.737. The van der Waals surface area contributed by atoms with Crippen molar-refractivity contribution in [2.24, 2.45) is 5.92 Å². The lowest BCUT2D eigenvalue weighted by Gasteiger charge is -2.01. The van der Waals surface area contributed by atoms with E-state index in [0.29, 0.717) is 0 Å². The van der Waals surface area contributed by atoms with Gasteiger partial charge in [-0.15, -0.1) is 0 Å². The smallest absolute Gasteiger partial charge is 0.00718 e. The maximum absolute atomic E-state index is 4.12. The topological polar surface area (TPSA) is 0 Å². The zero-order valence-corrected chi connectivity index (χ0v) is 6.38. The lowest BCUT2D eigenvalue weighted by atomic mass is 10.2. The summed E-state index contributed by atoms with van der Waals surface area (Å²) in [4.78, 5) is 0. The first-order chi connectivity index (χ1) is 3.31. The summed E-state index contributed by atoms with van der Waals surface area (Å²) in [5, 5.41) is 0. The predicted molar refractivity (Wildman–Crippen MR) is 41.5 cm³/mol. The van der Waals surface area contributed by atoms with Crippen LogP contribution in [0.4, 0.5) is 0 Å². The molecule has 0 bridgehead atoms. The second kappa shape index (κ2) is 4.85. The fourth-order valence-electron chi connectivity index (χ4n) is 0.312. The van der Waals surface area contributed by atoms with E-state index in [4.69, 9.17) is 0 Å². The Labute approximate surface area is 56.5 Å². The second-order valence-electron chi connectivity index (χ2n) is 1.80. The lowest BCUT2D eigenvalue weighted by molar-refractivity contribution is 0.646. The Kier molecular flexibility index (Phi) is 5.33. The minimum Gasteiger partial charge on any atom is -0.179 e. The Hall–Kier alpha value is 0.700. The monoisotopic (exact) mass is 136 g/mol. The van der Waals surface area contributed by atoms with Crippen molar-refractivity contribution in [3.05, 3.63) is 0 Å². The zero-order chi connectivity index (χ0) is 5.70. The van der Waals surface area contributed by atoms with Crippen molar-refractivity contribution in [1.29, 1.82) is 0 Å². The summed E-state index contributed by atoms with van der Waals surface area (Å²) in [7, 11) is 0. The van der Waals surface area contributed by atoms with Crippen molar-refractivity contribution >= 4 is 25.3 Å². The molecule has 0 aromatic heterocycles. The van der Waals surface area contributed by atoms with Gasteiger partial charge in [-0.05, 0) is 23.8 Å². The molecular formula is C5H12S2. The summed E-state index contributed by atoms with van der Waals surface area (Å²) < 4.78 is 0. The number of thiol groups is 2. The van der Waals surface area contributed by atoms with Crippen molar-refractivity contribution in [3.63, 3.8) is 0 Å². The largest absolute Gasteiger partial charge is 0.179 e. The third kappa shape index (κ3) is 4.56. The lowest BCUT2D eigenvalue weighted by Crippen LogP contribution is -1.95. The summed E-state index contributed by atoms with van der Waals surface area (Å²) in [6.07, 6.45) is 1.19. The zero-order valence-electron chi connectivity index (χ0n) is 4.59. The minimum absolute atomic E-state index is 0.737. The van der Waals surface area contributed by atoms with Crippen LogP contribution in [0.25, 0.3) is 0 Å². The van der Waals surface area contributed by atoms with E-state index in [1.54, 1.807) is 0 Å². The average Bonchev–Trinajstić information content (AvgIpc) is 1.68. The van der Waals surface area contributed by atoms with E-state index >= 15 is 0 Å². The van der Waals surface area contributed by atoms with Gasteiger partial charge in [0, 0.05) is 0 Å². The second-order valence-corrected chi connectivity index (χ2v) is 2.61. The molecular weight excluding hydrogens is 124 g/mol. The first-order valence-electron chi connectivity index (χ1n) is 2.53. The van der Waals surface area contributed by atoms with E-state index in [0.717, 1.165) is 17.4 Å². The Morgan fingerprint density at radius 2 is 2.00 bits per heavy atom. The van der Waals surface area contributed by atoms with Crippen LogP contribution in [0.1, 0.15) is 13.3 Å². The van der Waals surface area contributed by atoms with Gasteiger partial charge in [-0.3, -0.25) is 0 Å². The normalized spacial score (nSPS) is 14.1. The van der Waals surface area contributed by atoms with E-state index in [-0.39, 0.29) is 0 Å².